The molecule has 0 unspecified atom stereocenters. The summed E-state index contributed by atoms with van der Waals surface area (Å²) in [6.45, 7) is 4.29. The molecule has 0 fully saturated rings. The van der Waals surface area contributed by atoms with Gasteiger partial charge in [-0.1, -0.05) is 175 Å². The lowest BCUT2D eigenvalue weighted by Crippen LogP contribution is -2.15. The average Bonchev–Trinajstić information content (AvgIpc) is 3.24. The SMILES string of the molecule is Cc1ccc(C(=Cc2ccc(N(c3ccc(/C=C/C=C(c4ccccc4)c4ccccc4)cc3)c3cccc4c3CCCC4)cc2)c2ccc(C)cc2)cc1. The van der Waals surface area contributed by atoms with E-state index in [0.717, 1.165) is 29.8 Å². The lowest BCUT2D eigenvalue weighted by molar-refractivity contribution is 0.686. The summed E-state index contributed by atoms with van der Waals surface area (Å²) < 4.78 is 0. The minimum atomic E-state index is 1.11. The fraction of sp³-hybridized carbons (Fsp3) is 0.111. The quantitative estimate of drug-likeness (QED) is 0.101. The molecule has 1 aliphatic rings. The molecule has 0 saturated carbocycles. The molecular formula is C54H47N. The number of benzene rings is 7. The van der Waals surface area contributed by atoms with E-state index in [1.165, 1.54) is 79.7 Å². The van der Waals surface area contributed by atoms with Crippen LogP contribution in [0.3, 0.4) is 0 Å². The van der Waals surface area contributed by atoms with Crippen molar-refractivity contribution in [1.29, 1.82) is 0 Å². The number of fused-ring (bicyclic) bond motifs is 1. The molecule has 0 bridgehead atoms. The van der Waals surface area contributed by atoms with Crippen molar-refractivity contribution in [2.75, 3.05) is 4.90 Å². The Kier molecular flexibility index (Phi) is 10.8. The molecule has 7 aromatic rings. The van der Waals surface area contributed by atoms with Crippen LogP contribution < -0.4 is 4.90 Å². The minimum absolute atomic E-state index is 1.11. The summed E-state index contributed by atoms with van der Waals surface area (Å²) in [6, 6.07) is 63.9. The molecule has 0 aliphatic heterocycles. The van der Waals surface area contributed by atoms with Gasteiger partial charge in [-0.25, -0.2) is 0 Å². The fourth-order valence-corrected chi connectivity index (χ4v) is 7.67. The number of allylic oxidation sites excluding steroid dienone is 2. The molecule has 0 saturated heterocycles. The normalized spacial score (nSPS) is 12.2. The average molecular weight is 710 g/mol. The summed E-state index contributed by atoms with van der Waals surface area (Å²) in [5.74, 6) is 0. The van der Waals surface area contributed by atoms with Crippen LogP contribution in [0.15, 0.2) is 188 Å². The predicted octanol–water partition coefficient (Wildman–Crippen LogP) is 14.4. The molecule has 0 radical (unpaired) electrons. The topological polar surface area (TPSA) is 3.24 Å². The second-order valence-electron chi connectivity index (χ2n) is 14.6. The lowest BCUT2D eigenvalue weighted by atomic mass is 9.89. The van der Waals surface area contributed by atoms with Crippen LogP contribution >= 0.6 is 0 Å². The Bertz CT molecular complexity index is 2340. The van der Waals surface area contributed by atoms with E-state index in [1.54, 1.807) is 0 Å². The second-order valence-corrected chi connectivity index (χ2v) is 14.6. The van der Waals surface area contributed by atoms with Gasteiger partial charge >= 0.3 is 0 Å². The number of anilines is 3. The highest BCUT2D eigenvalue weighted by Crippen LogP contribution is 2.40. The van der Waals surface area contributed by atoms with Gasteiger partial charge in [0.05, 0.1) is 0 Å². The molecule has 0 spiro atoms. The van der Waals surface area contributed by atoms with Crippen LogP contribution in [0.25, 0.3) is 23.3 Å². The standard InChI is InChI=1S/C54H47N/c1-40-23-31-47(32-24-40)53(48-33-25-41(2)26-34-48)39-43-29-37-50(38-30-43)55(54-22-12-19-46-18-9-10-20-52(46)54)49-35-27-42(28-36-49)13-11-21-51(44-14-5-3-6-15-44)45-16-7-4-8-17-45/h3-8,11-17,19,21-39H,9-10,18,20H2,1-2H3/b13-11+. The first-order valence-electron chi connectivity index (χ1n) is 19.6. The molecule has 7 aromatic carbocycles. The summed E-state index contributed by atoms with van der Waals surface area (Å²) in [4.78, 5) is 2.45. The van der Waals surface area contributed by atoms with Crippen molar-refractivity contribution in [2.45, 2.75) is 39.5 Å². The van der Waals surface area contributed by atoms with Crippen molar-refractivity contribution >= 4 is 40.4 Å². The van der Waals surface area contributed by atoms with Crippen LogP contribution in [0.1, 0.15) is 68.5 Å². The van der Waals surface area contributed by atoms with Crippen LogP contribution in [0, 0.1) is 13.8 Å². The fourth-order valence-electron chi connectivity index (χ4n) is 7.67. The van der Waals surface area contributed by atoms with E-state index in [1.807, 2.05) is 0 Å². The van der Waals surface area contributed by atoms with E-state index >= 15 is 0 Å². The third kappa shape index (κ3) is 8.38. The summed E-state index contributed by atoms with van der Waals surface area (Å²) in [7, 11) is 0. The first kappa shape index (κ1) is 35.6. The molecule has 0 atom stereocenters. The van der Waals surface area contributed by atoms with Gasteiger partial charge in [-0.15, -0.1) is 0 Å². The molecule has 0 N–H and O–H groups in total. The Labute approximate surface area is 327 Å². The van der Waals surface area contributed by atoms with Crippen LogP contribution in [0.2, 0.25) is 0 Å². The van der Waals surface area contributed by atoms with E-state index in [-0.39, 0.29) is 0 Å². The second kappa shape index (κ2) is 16.7. The maximum absolute atomic E-state index is 2.45. The Morgan fingerprint density at radius 1 is 0.455 bits per heavy atom. The highest BCUT2D eigenvalue weighted by Gasteiger charge is 2.20. The van der Waals surface area contributed by atoms with Gasteiger partial charge in [0, 0.05) is 17.1 Å². The summed E-state index contributed by atoms with van der Waals surface area (Å²) in [6.07, 6.45) is 13.7. The first-order chi connectivity index (χ1) is 27.1. The predicted molar refractivity (Wildman–Crippen MR) is 236 cm³/mol. The first-order valence-corrected chi connectivity index (χ1v) is 19.6. The van der Waals surface area contributed by atoms with Crippen molar-refractivity contribution in [3.8, 4) is 0 Å². The van der Waals surface area contributed by atoms with Gasteiger partial charge in [-0.2, -0.15) is 0 Å². The van der Waals surface area contributed by atoms with Crippen molar-refractivity contribution in [2.24, 2.45) is 0 Å². The molecule has 1 heteroatoms. The number of rotatable bonds is 10. The highest BCUT2D eigenvalue weighted by molar-refractivity contribution is 5.92. The van der Waals surface area contributed by atoms with Gasteiger partial charge in [0.25, 0.3) is 0 Å². The third-order valence-electron chi connectivity index (χ3n) is 10.7. The van der Waals surface area contributed by atoms with Gasteiger partial charge < -0.3 is 4.90 Å². The van der Waals surface area contributed by atoms with E-state index in [9.17, 15) is 0 Å². The smallest absolute Gasteiger partial charge is 0.0496 e. The van der Waals surface area contributed by atoms with Crippen LogP contribution in [-0.4, -0.2) is 0 Å². The Balaban J connectivity index is 1.13. The zero-order chi connectivity index (χ0) is 37.4. The molecule has 1 nitrogen and oxygen atoms in total. The number of nitrogens with zero attached hydrogens (tertiary/aromatic N) is 1. The molecule has 0 amide bonds. The van der Waals surface area contributed by atoms with E-state index in [2.05, 4.69) is 219 Å². The Hall–Kier alpha value is -6.44. The summed E-state index contributed by atoms with van der Waals surface area (Å²) in [5.41, 5.74) is 18.7. The largest absolute Gasteiger partial charge is 0.310 e. The summed E-state index contributed by atoms with van der Waals surface area (Å²) >= 11 is 0. The Morgan fingerprint density at radius 3 is 1.53 bits per heavy atom. The van der Waals surface area contributed by atoms with E-state index in [0.29, 0.717) is 0 Å². The van der Waals surface area contributed by atoms with Gasteiger partial charge in [0.2, 0.25) is 0 Å². The maximum Gasteiger partial charge on any atom is 0.0496 e. The van der Waals surface area contributed by atoms with Crippen LogP contribution in [-0.2, 0) is 12.8 Å². The molecule has 55 heavy (non-hydrogen) atoms. The molecule has 0 heterocycles. The van der Waals surface area contributed by atoms with Crippen molar-refractivity contribution in [3.05, 3.63) is 244 Å². The molecule has 1 aliphatic carbocycles. The maximum atomic E-state index is 2.45. The van der Waals surface area contributed by atoms with Gasteiger partial charge in [-0.3, -0.25) is 0 Å². The number of aryl methyl sites for hydroxylation is 3. The number of hydrogen-bond donors (Lipinski definition) is 0. The zero-order valence-electron chi connectivity index (χ0n) is 31.8. The van der Waals surface area contributed by atoms with Crippen molar-refractivity contribution in [1.82, 2.24) is 0 Å². The number of hydrogen-bond acceptors (Lipinski definition) is 1. The summed E-state index contributed by atoms with van der Waals surface area (Å²) in [5, 5.41) is 0. The van der Waals surface area contributed by atoms with Gasteiger partial charge in [0.15, 0.2) is 0 Å². The molecular weight excluding hydrogens is 663 g/mol. The molecule has 0 aromatic heterocycles. The van der Waals surface area contributed by atoms with Gasteiger partial charge in [-0.05, 0) is 132 Å². The monoisotopic (exact) mass is 709 g/mol. The minimum Gasteiger partial charge on any atom is -0.310 e. The van der Waals surface area contributed by atoms with Crippen LogP contribution in [0.4, 0.5) is 17.1 Å². The van der Waals surface area contributed by atoms with Crippen molar-refractivity contribution in [3.63, 3.8) is 0 Å². The van der Waals surface area contributed by atoms with E-state index < -0.39 is 0 Å². The zero-order valence-corrected chi connectivity index (χ0v) is 31.8. The lowest BCUT2D eigenvalue weighted by Gasteiger charge is -2.30. The van der Waals surface area contributed by atoms with Crippen molar-refractivity contribution < 1.29 is 0 Å². The van der Waals surface area contributed by atoms with Crippen LogP contribution in [0.5, 0.6) is 0 Å². The highest BCUT2D eigenvalue weighted by atomic mass is 15.1. The van der Waals surface area contributed by atoms with E-state index in [4.69, 9.17) is 0 Å². The molecule has 8 rings (SSSR count). The Morgan fingerprint density at radius 2 is 0.964 bits per heavy atom. The molecule has 268 valence electrons. The third-order valence-corrected chi connectivity index (χ3v) is 10.7. The van der Waals surface area contributed by atoms with Gasteiger partial charge in [0.1, 0.15) is 0 Å².